The topological polar surface area (TPSA) is 73.7 Å². The van der Waals surface area contributed by atoms with Crippen LogP contribution in [0.5, 0.6) is 0 Å². The van der Waals surface area contributed by atoms with Gasteiger partial charge in [0.25, 0.3) is 0 Å². The highest BCUT2D eigenvalue weighted by atomic mass is 16.6. The maximum Gasteiger partial charge on any atom is 0.412 e. The van der Waals surface area contributed by atoms with Crippen molar-refractivity contribution in [1.82, 2.24) is 14.7 Å². The summed E-state index contributed by atoms with van der Waals surface area (Å²) in [6, 6.07) is 1.62. The number of hydrogen-bond donors (Lipinski definition) is 0. The predicted octanol–water partition coefficient (Wildman–Crippen LogP) is 2.77. The molecule has 0 unspecified atom stereocenters. The van der Waals surface area contributed by atoms with Gasteiger partial charge < -0.3 is 9.47 Å². The summed E-state index contributed by atoms with van der Waals surface area (Å²) >= 11 is 0. The molecule has 1 amide bonds. The summed E-state index contributed by atoms with van der Waals surface area (Å²) in [4.78, 5) is 25.3. The summed E-state index contributed by atoms with van der Waals surface area (Å²) in [5.74, 6) is 0. The Hall–Kier alpha value is -1.89. The molecule has 0 bridgehead atoms. The van der Waals surface area contributed by atoms with E-state index in [0.717, 1.165) is 12.0 Å². The highest BCUT2D eigenvalue weighted by molar-refractivity contribution is 5.72. The Bertz CT molecular complexity index is 616. The number of carbonyl (C=O) groups is 2. The first-order valence-corrected chi connectivity index (χ1v) is 8.19. The Morgan fingerprint density at radius 1 is 1.50 bits per heavy atom. The van der Waals surface area contributed by atoms with Gasteiger partial charge in [-0.05, 0) is 54.0 Å². The van der Waals surface area contributed by atoms with Crippen molar-refractivity contribution >= 4 is 12.4 Å². The fourth-order valence-corrected chi connectivity index (χ4v) is 2.89. The molecule has 0 N–H and O–H groups in total. The normalized spacial score (nSPS) is 20.2. The van der Waals surface area contributed by atoms with Crippen LogP contribution in [0.15, 0.2) is 6.07 Å². The number of amides is 1. The number of aldehydes is 1. The van der Waals surface area contributed by atoms with E-state index >= 15 is 0 Å². The van der Waals surface area contributed by atoms with E-state index in [1.54, 1.807) is 15.6 Å². The molecular weight excluding hydrogens is 310 g/mol. The van der Waals surface area contributed by atoms with Crippen LogP contribution in [-0.2, 0) is 16.0 Å². The zero-order chi connectivity index (χ0) is 18.1. The van der Waals surface area contributed by atoms with Crippen LogP contribution in [0.4, 0.5) is 4.79 Å². The third-order valence-corrected chi connectivity index (χ3v) is 3.89. The van der Waals surface area contributed by atoms with E-state index in [2.05, 4.69) is 5.10 Å². The second-order valence-electron chi connectivity index (χ2n) is 7.60. The summed E-state index contributed by atoms with van der Waals surface area (Å²) in [5, 5.41) is 4.32. The van der Waals surface area contributed by atoms with E-state index in [4.69, 9.17) is 9.47 Å². The van der Waals surface area contributed by atoms with Gasteiger partial charge in [0.1, 0.15) is 17.0 Å². The Labute approximate surface area is 142 Å². The van der Waals surface area contributed by atoms with E-state index in [9.17, 15) is 9.59 Å². The average molecular weight is 337 g/mol. The van der Waals surface area contributed by atoms with Gasteiger partial charge in [0.15, 0.2) is 6.29 Å². The molecule has 1 aliphatic rings. The molecule has 1 aromatic heterocycles. The van der Waals surface area contributed by atoms with Gasteiger partial charge in [-0.2, -0.15) is 5.10 Å². The monoisotopic (exact) mass is 337 g/mol. The van der Waals surface area contributed by atoms with Crippen molar-refractivity contribution in [3.05, 3.63) is 17.5 Å². The van der Waals surface area contributed by atoms with Crippen LogP contribution in [0, 0.1) is 6.92 Å². The first-order valence-electron chi connectivity index (χ1n) is 8.19. The molecule has 2 heterocycles. The first kappa shape index (κ1) is 18.4. The van der Waals surface area contributed by atoms with Crippen LogP contribution < -0.4 is 0 Å². The van der Waals surface area contributed by atoms with E-state index < -0.39 is 11.3 Å². The van der Waals surface area contributed by atoms with Gasteiger partial charge >= 0.3 is 6.09 Å². The van der Waals surface area contributed by atoms with Crippen molar-refractivity contribution in [2.45, 2.75) is 71.9 Å². The molecular formula is C17H27N3O4. The Balaban J connectivity index is 2.10. The van der Waals surface area contributed by atoms with Crippen LogP contribution in [0.25, 0.3) is 0 Å². The molecule has 1 atom stereocenters. The van der Waals surface area contributed by atoms with Gasteiger partial charge in [0.05, 0.1) is 18.3 Å². The molecule has 0 aromatic carbocycles. The van der Waals surface area contributed by atoms with Gasteiger partial charge in [-0.15, -0.1) is 0 Å². The van der Waals surface area contributed by atoms with E-state index in [0.29, 0.717) is 25.3 Å². The van der Waals surface area contributed by atoms with Crippen LogP contribution >= 0.6 is 0 Å². The molecule has 2 rings (SSSR count). The minimum atomic E-state index is -0.722. The standard InChI is InChI=1S/C17H27N3O4/c1-12-9-14(10-21)19(18-12)8-7-13-11-23-17(5,6)20(13)15(22)24-16(2,3)4/h9-10,13H,7-8,11H2,1-6H3/t13-/m0/s1. The Kier molecular flexibility index (Phi) is 5.03. The summed E-state index contributed by atoms with van der Waals surface area (Å²) in [6.45, 7) is 12.0. The largest absolute Gasteiger partial charge is 0.444 e. The van der Waals surface area contributed by atoms with Crippen molar-refractivity contribution in [2.75, 3.05) is 6.61 Å². The minimum absolute atomic E-state index is 0.126. The van der Waals surface area contributed by atoms with E-state index in [1.807, 2.05) is 41.5 Å². The van der Waals surface area contributed by atoms with E-state index in [-0.39, 0.29) is 12.1 Å². The lowest BCUT2D eigenvalue weighted by atomic mass is 10.1. The molecule has 0 radical (unpaired) electrons. The van der Waals surface area contributed by atoms with Crippen molar-refractivity contribution < 1.29 is 19.1 Å². The van der Waals surface area contributed by atoms with Crippen LogP contribution in [0.2, 0.25) is 0 Å². The number of aromatic nitrogens is 2. The smallest absolute Gasteiger partial charge is 0.412 e. The average Bonchev–Trinajstić information content (AvgIpc) is 2.93. The molecule has 7 heteroatoms. The number of hydrogen-bond acceptors (Lipinski definition) is 5. The van der Waals surface area contributed by atoms with Crippen LogP contribution in [0.1, 0.15) is 57.2 Å². The third kappa shape index (κ3) is 4.14. The number of rotatable bonds is 4. The van der Waals surface area contributed by atoms with Crippen molar-refractivity contribution in [1.29, 1.82) is 0 Å². The summed E-state index contributed by atoms with van der Waals surface area (Å²) < 4.78 is 13.0. The molecule has 0 spiro atoms. The first-order chi connectivity index (χ1) is 11.0. The molecule has 0 saturated carbocycles. The fourth-order valence-electron chi connectivity index (χ4n) is 2.89. The minimum Gasteiger partial charge on any atom is -0.444 e. The molecule has 0 aliphatic carbocycles. The highest BCUT2D eigenvalue weighted by Crippen LogP contribution is 2.31. The molecule has 7 nitrogen and oxygen atoms in total. The maximum absolute atomic E-state index is 12.6. The number of carbonyl (C=O) groups excluding carboxylic acids is 2. The Morgan fingerprint density at radius 2 is 2.17 bits per heavy atom. The zero-order valence-electron chi connectivity index (χ0n) is 15.3. The summed E-state index contributed by atoms with van der Waals surface area (Å²) in [7, 11) is 0. The van der Waals surface area contributed by atoms with Gasteiger partial charge in [-0.1, -0.05) is 0 Å². The number of nitrogens with zero attached hydrogens (tertiary/aromatic N) is 3. The highest BCUT2D eigenvalue weighted by Gasteiger charge is 2.45. The van der Waals surface area contributed by atoms with Gasteiger partial charge in [-0.3, -0.25) is 14.4 Å². The molecule has 1 fully saturated rings. The number of aryl methyl sites for hydroxylation is 2. The van der Waals surface area contributed by atoms with E-state index in [1.165, 1.54) is 0 Å². The van der Waals surface area contributed by atoms with Gasteiger partial charge in [0.2, 0.25) is 0 Å². The zero-order valence-corrected chi connectivity index (χ0v) is 15.3. The molecule has 134 valence electrons. The summed E-state index contributed by atoms with van der Waals surface area (Å²) in [5.41, 5.74) is 0.0449. The van der Waals surface area contributed by atoms with Gasteiger partial charge in [0, 0.05) is 6.54 Å². The second-order valence-corrected chi connectivity index (χ2v) is 7.60. The lowest BCUT2D eigenvalue weighted by Crippen LogP contribution is -2.50. The quantitative estimate of drug-likeness (QED) is 0.790. The Morgan fingerprint density at radius 3 is 2.75 bits per heavy atom. The molecule has 1 saturated heterocycles. The second kappa shape index (κ2) is 6.55. The molecule has 24 heavy (non-hydrogen) atoms. The van der Waals surface area contributed by atoms with Crippen LogP contribution in [-0.4, -0.2) is 51.0 Å². The fraction of sp³-hybridized carbons (Fsp3) is 0.706. The molecule has 1 aliphatic heterocycles. The maximum atomic E-state index is 12.6. The van der Waals surface area contributed by atoms with Crippen molar-refractivity contribution in [2.24, 2.45) is 0 Å². The van der Waals surface area contributed by atoms with Crippen molar-refractivity contribution in [3.63, 3.8) is 0 Å². The van der Waals surface area contributed by atoms with Crippen LogP contribution in [0.3, 0.4) is 0 Å². The lowest BCUT2D eigenvalue weighted by Gasteiger charge is -2.35. The third-order valence-electron chi connectivity index (χ3n) is 3.89. The number of ether oxygens (including phenoxy) is 2. The lowest BCUT2D eigenvalue weighted by molar-refractivity contribution is -0.0628. The summed E-state index contributed by atoms with van der Waals surface area (Å²) in [6.07, 6.45) is 1.04. The van der Waals surface area contributed by atoms with Gasteiger partial charge in [-0.25, -0.2) is 4.79 Å². The predicted molar refractivity (Wildman–Crippen MR) is 88.9 cm³/mol. The van der Waals surface area contributed by atoms with Crippen molar-refractivity contribution in [3.8, 4) is 0 Å². The molecule has 1 aromatic rings. The SMILES string of the molecule is Cc1cc(C=O)n(CC[C@H]2COC(C)(C)N2C(=O)OC(C)(C)C)n1.